The van der Waals surface area contributed by atoms with Crippen LogP contribution in [0.3, 0.4) is 0 Å². The van der Waals surface area contributed by atoms with E-state index in [0.717, 1.165) is 5.56 Å². The van der Waals surface area contributed by atoms with Crippen molar-refractivity contribution in [1.29, 1.82) is 0 Å². The average molecular weight is 309 g/mol. The van der Waals surface area contributed by atoms with Crippen molar-refractivity contribution in [3.8, 4) is 0 Å². The van der Waals surface area contributed by atoms with Crippen LogP contribution in [0.1, 0.15) is 21.8 Å². The summed E-state index contributed by atoms with van der Waals surface area (Å²) in [5.41, 5.74) is 1.34. The van der Waals surface area contributed by atoms with E-state index in [4.69, 9.17) is 4.42 Å². The summed E-state index contributed by atoms with van der Waals surface area (Å²) in [5, 5.41) is 13.8. The Morgan fingerprint density at radius 3 is 2.61 bits per heavy atom. The standard InChI is InChI=1S/C16H15N5O2/c22-16(19-11-13-2-1-9-23-13)14-3-4-15(21-20-14)18-10-12-5-7-17-8-6-12/h1-9H,10-11H2,(H,18,21)(H,19,22). The molecule has 0 unspecified atom stereocenters. The fraction of sp³-hybridized carbons (Fsp3) is 0.125. The summed E-state index contributed by atoms with van der Waals surface area (Å²) in [4.78, 5) is 15.9. The number of hydrogen-bond donors (Lipinski definition) is 2. The molecule has 0 spiro atoms. The molecule has 0 fully saturated rings. The lowest BCUT2D eigenvalue weighted by atomic mass is 10.3. The van der Waals surface area contributed by atoms with E-state index in [1.165, 1.54) is 0 Å². The molecule has 0 aliphatic rings. The minimum absolute atomic E-state index is 0.256. The first-order chi connectivity index (χ1) is 11.3. The van der Waals surface area contributed by atoms with E-state index < -0.39 is 0 Å². The molecule has 3 aromatic heterocycles. The Balaban J connectivity index is 1.53. The highest BCUT2D eigenvalue weighted by molar-refractivity contribution is 5.92. The molecular formula is C16H15N5O2. The molecule has 0 saturated carbocycles. The second-order valence-corrected chi connectivity index (χ2v) is 4.77. The SMILES string of the molecule is O=C(NCc1ccco1)c1ccc(NCc2ccncc2)nn1. The summed E-state index contributed by atoms with van der Waals surface area (Å²) in [5.74, 6) is 0.987. The highest BCUT2D eigenvalue weighted by Crippen LogP contribution is 2.06. The molecule has 7 nitrogen and oxygen atoms in total. The number of furan rings is 1. The smallest absolute Gasteiger partial charge is 0.272 e. The zero-order valence-corrected chi connectivity index (χ0v) is 12.3. The van der Waals surface area contributed by atoms with Gasteiger partial charge in [0.25, 0.3) is 5.91 Å². The second kappa shape index (κ2) is 7.17. The van der Waals surface area contributed by atoms with E-state index in [9.17, 15) is 4.79 Å². The van der Waals surface area contributed by atoms with Gasteiger partial charge in [-0.05, 0) is 42.0 Å². The maximum absolute atomic E-state index is 11.9. The van der Waals surface area contributed by atoms with Crippen LogP contribution in [-0.4, -0.2) is 21.1 Å². The predicted octanol–water partition coefficient (Wildman–Crippen LogP) is 2.01. The number of carbonyl (C=O) groups excluding carboxylic acids is 1. The number of nitrogens with zero attached hydrogens (tertiary/aromatic N) is 3. The average Bonchev–Trinajstić information content (AvgIpc) is 3.13. The number of carbonyl (C=O) groups is 1. The van der Waals surface area contributed by atoms with Crippen molar-refractivity contribution in [2.45, 2.75) is 13.1 Å². The molecule has 7 heteroatoms. The highest BCUT2D eigenvalue weighted by Gasteiger charge is 2.08. The predicted molar refractivity (Wildman–Crippen MR) is 83.5 cm³/mol. The molecule has 0 radical (unpaired) electrons. The molecule has 3 rings (SSSR count). The topological polar surface area (TPSA) is 92.9 Å². The van der Waals surface area contributed by atoms with Crippen LogP contribution < -0.4 is 10.6 Å². The first-order valence-electron chi connectivity index (χ1n) is 7.08. The zero-order chi connectivity index (χ0) is 15.9. The van der Waals surface area contributed by atoms with Crippen LogP contribution in [0.4, 0.5) is 5.82 Å². The second-order valence-electron chi connectivity index (χ2n) is 4.77. The van der Waals surface area contributed by atoms with E-state index in [0.29, 0.717) is 24.7 Å². The summed E-state index contributed by atoms with van der Waals surface area (Å²) >= 11 is 0. The van der Waals surface area contributed by atoms with E-state index >= 15 is 0 Å². The van der Waals surface area contributed by atoms with Gasteiger partial charge in [-0.15, -0.1) is 10.2 Å². The van der Waals surface area contributed by atoms with Crippen molar-refractivity contribution >= 4 is 11.7 Å². The lowest BCUT2D eigenvalue weighted by molar-refractivity contribution is 0.0942. The maximum Gasteiger partial charge on any atom is 0.272 e. The third kappa shape index (κ3) is 4.13. The molecule has 1 amide bonds. The summed E-state index contributed by atoms with van der Waals surface area (Å²) < 4.78 is 5.15. The molecule has 0 atom stereocenters. The number of amides is 1. The lowest BCUT2D eigenvalue weighted by Crippen LogP contribution is -2.24. The Morgan fingerprint density at radius 1 is 1.04 bits per heavy atom. The summed E-state index contributed by atoms with van der Waals surface area (Å²) in [6, 6.07) is 10.7. The van der Waals surface area contributed by atoms with Crippen molar-refractivity contribution in [3.63, 3.8) is 0 Å². The van der Waals surface area contributed by atoms with Crippen LogP contribution in [-0.2, 0) is 13.1 Å². The molecule has 3 heterocycles. The normalized spacial score (nSPS) is 10.3. The first kappa shape index (κ1) is 14.7. The zero-order valence-electron chi connectivity index (χ0n) is 12.3. The molecule has 3 aromatic rings. The van der Waals surface area contributed by atoms with Gasteiger partial charge in [-0.25, -0.2) is 0 Å². The van der Waals surface area contributed by atoms with Crippen LogP contribution in [0.25, 0.3) is 0 Å². The maximum atomic E-state index is 11.9. The molecule has 0 saturated heterocycles. The minimum Gasteiger partial charge on any atom is -0.467 e. The van der Waals surface area contributed by atoms with Crippen molar-refractivity contribution < 1.29 is 9.21 Å². The largest absolute Gasteiger partial charge is 0.467 e. The van der Waals surface area contributed by atoms with Gasteiger partial charge in [0.05, 0.1) is 12.8 Å². The molecule has 2 N–H and O–H groups in total. The minimum atomic E-state index is -0.297. The highest BCUT2D eigenvalue weighted by atomic mass is 16.3. The first-order valence-corrected chi connectivity index (χ1v) is 7.08. The number of anilines is 1. The van der Waals surface area contributed by atoms with Crippen LogP contribution in [0, 0.1) is 0 Å². The third-order valence-corrected chi connectivity index (χ3v) is 3.12. The quantitative estimate of drug-likeness (QED) is 0.723. The Hall–Kier alpha value is -3.22. The molecule has 0 aliphatic carbocycles. The molecule has 0 aliphatic heterocycles. The monoisotopic (exact) mass is 309 g/mol. The summed E-state index contributed by atoms with van der Waals surface area (Å²) in [6.45, 7) is 0.927. The van der Waals surface area contributed by atoms with Crippen LogP contribution in [0.15, 0.2) is 59.5 Å². The number of rotatable bonds is 6. The molecule has 23 heavy (non-hydrogen) atoms. The Kier molecular flexibility index (Phi) is 4.58. The molecular weight excluding hydrogens is 294 g/mol. The Bertz CT molecular complexity index is 742. The summed E-state index contributed by atoms with van der Waals surface area (Å²) in [6.07, 6.45) is 5.02. The van der Waals surface area contributed by atoms with Gasteiger partial charge in [0.15, 0.2) is 5.69 Å². The van der Waals surface area contributed by atoms with Crippen LogP contribution in [0.5, 0.6) is 0 Å². The number of aromatic nitrogens is 3. The van der Waals surface area contributed by atoms with Gasteiger partial charge in [0.1, 0.15) is 11.6 Å². The van der Waals surface area contributed by atoms with Crippen LogP contribution in [0.2, 0.25) is 0 Å². The van der Waals surface area contributed by atoms with Crippen molar-refractivity contribution in [2.75, 3.05) is 5.32 Å². The number of nitrogens with one attached hydrogen (secondary N) is 2. The van der Waals surface area contributed by atoms with E-state index in [1.54, 1.807) is 42.9 Å². The molecule has 0 bridgehead atoms. The van der Waals surface area contributed by atoms with Gasteiger partial charge in [-0.3, -0.25) is 9.78 Å². The van der Waals surface area contributed by atoms with Gasteiger partial charge in [0.2, 0.25) is 0 Å². The van der Waals surface area contributed by atoms with E-state index in [1.807, 2.05) is 12.1 Å². The van der Waals surface area contributed by atoms with E-state index in [2.05, 4.69) is 25.8 Å². The molecule has 116 valence electrons. The van der Waals surface area contributed by atoms with Gasteiger partial charge >= 0.3 is 0 Å². The lowest BCUT2D eigenvalue weighted by Gasteiger charge is -2.06. The van der Waals surface area contributed by atoms with Gasteiger partial charge in [-0.1, -0.05) is 0 Å². The van der Waals surface area contributed by atoms with Gasteiger partial charge < -0.3 is 15.1 Å². The molecule has 0 aromatic carbocycles. The van der Waals surface area contributed by atoms with Crippen molar-refractivity contribution in [3.05, 3.63) is 72.1 Å². The fourth-order valence-corrected chi connectivity index (χ4v) is 1.91. The Labute approximate surface area is 132 Å². The summed E-state index contributed by atoms with van der Waals surface area (Å²) in [7, 11) is 0. The van der Waals surface area contributed by atoms with Crippen LogP contribution >= 0.6 is 0 Å². The van der Waals surface area contributed by atoms with Crippen molar-refractivity contribution in [1.82, 2.24) is 20.5 Å². The third-order valence-electron chi connectivity index (χ3n) is 3.12. The van der Waals surface area contributed by atoms with E-state index in [-0.39, 0.29) is 11.6 Å². The van der Waals surface area contributed by atoms with Crippen molar-refractivity contribution in [2.24, 2.45) is 0 Å². The Morgan fingerprint density at radius 2 is 1.91 bits per heavy atom. The number of hydrogen-bond acceptors (Lipinski definition) is 6. The van der Waals surface area contributed by atoms with Gasteiger partial charge in [0, 0.05) is 18.9 Å². The fourth-order valence-electron chi connectivity index (χ4n) is 1.91. The number of pyridine rings is 1. The van der Waals surface area contributed by atoms with Gasteiger partial charge in [-0.2, -0.15) is 0 Å².